The number of aryl methyl sites for hydroxylation is 1. The summed E-state index contributed by atoms with van der Waals surface area (Å²) >= 11 is 0. The molecule has 6 nitrogen and oxygen atoms in total. The van der Waals surface area contributed by atoms with Crippen molar-refractivity contribution in [3.8, 4) is 11.1 Å². The standard InChI is InChI=1S/C25H23NO5/c1-15-10-12-16(13-11-15)22(23(27)24(28)29)26-25(30)31-14-21-19-8-4-2-6-17(19)18-7-3-5-9-20(18)21/h2-13,21-23,27H,14H2,1H3,(H,26,30)(H,28,29). The van der Waals surface area contributed by atoms with Gasteiger partial charge in [-0.15, -0.1) is 0 Å². The van der Waals surface area contributed by atoms with E-state index in [0.29, 0.717) is 5.56 Å². The number of benzene rings is 3. The molecule has 158 valence electrons. The SMILES string of the molecule is Cc1ccc(C(NC(=O)OCC2c3ccccc3-c3ccccc32)C(O)C(=O)O)cc1. The van der Waals surface area contributed by atoms with Gasteiger partial charge in [-0.2, -0.15) is 0 Å². The van der Waals surface area contributed by atoms with Crippen LogP contribution >= 0.6 is 0 Å². The molecule has 1 aliphatic carbocycles. The number of hydrogen-bond donors (Lipinski definition) is 3. The van der Waals surface area contributed by atoms with E-state index in [0.717, 1.165) is 27.8 Å². The molecule has 1 amide bonds. The van der Waals surface area contributed by atoms with E-state index in [9.17, 15) is 19.8 Å². The molecule has 4 rings (SSSR count). The maximum Gasteiger partial charge on any atom is 0.407 e. The molecule has 0 heterocycles. The average Bonchev–Trinajstić information content (AvgIpc) is 3.10. The maximum atomic E-state index is 12.6. The molecular weight excluding hydrogens is 394 g/mol. The number of carbonyl (C=O) groups excluding carboxylic acids is 1. The minimum Gasteiger partial charge on any atom is -0.479 e. The van der Waals surface area contributed by atoms with Crippen molar-refractivity contribution < 1.29 is 24.5 Å². The molecule has 2 atom stereocenters. The van der Waals surface area contributed by atoms with Crippen molar-refractivity contribution in [2.24, 2.45) is 0 Å². The Balaban J connectivity index is 1.50. The largest absolute Gasteiger partial charge is 0.479 e. The van der Waals surface area contributed by atoms with E-state index in [2.05, 4.69) is 5.32 Å². The third kappa shape index (κ3) is 4.15. The Morgan fingerprint density at radius 1 is 0.935 bits per heavy atom. The number of ether oxygens (including phenoxy) is 1. The Kier molecular flexibility index (Phi) is 5.73. The van der Waals surface area contributed by atoms with Crippen LogP contribution in [0.5, 0.6) is 0 Å². The van der Waals surface area contributed by atoms with Gasteiger partial charge in [0, 0.05) is 5.92 Å². The maximum absolute atomic E-state index is 12.6. The molecule has 0 bridgehead atoms. The van der Waals surface area contributed by atoms with E-state index < -0.39 is 24.2 Å². The van der Waals surface area contributed by atoms with Gasteiger partial charge < -0.3 is 20.3 Å². The number of amides is 1. The lowest BCUT2D eigenvalue weighted by molar-refractivity contribution is -0.148. The number of carbonyl (C=O) groups is 2. The number of hydrogen-bond acceptors (Lipinski definition) is 4. The van der Waals surface area contributed by atoms with Crippen molar-refractivity contribution in [3.05, 3.63) is 95.1 Å². The molecule has 0 aromatic heterocycles. The van der Waals surface area contributed by atoms with Crippen LogP contribution in [0, 0.1) is 6.92 Å². The lowest BCUT2D eigenvalue weighted by atomic mass is 9.98. The first kappa shape index (κ1) is 20.6. The molecule has 3 N–H and O–H groups in total. The van der Waals surface area contributed by atoms with Gasteiger partial charge in [-0.05, 0) is 34.7 Å². The van der Waals surface area contributed by atoms with Crippen molar-refractivity contribution in [3.63, 3.8) is 0 Å². The summed E-state index contributed by atoms with van der Waals surface area (Å²) in [7, 11) is 0. The zero-order valence-corrected chi connectivity index (χ0v) is 17.0. The minimum absolute atomic E-state index is 0.101. The van der Waals surface area contributed by atoms with Crippen molar-refractivity contribution in [2.75, 3.05) is 6.61 Å². The Morgan fingerprint density at radius 3 is 2.03 bits per heavy atom. The zero-order chi connectivity index (χ0) is 22.0. The van der Waals surface area contributed by atoms with Crippen LogP contribution in [0.15, 0.2) is 72.8 Å². The number of nitrogens with one attached hydrogen (secondary N) is 1. The highest BCUT2D eigenvalue weighted by Crippen LogP contribution is 2.44. The topological polar surface area (TPSA) is 95.9 Å². The Hall–Kier alpha value is -3.64. The average molecular weight is 417 g/mol. The molecule has 0 aliphatic heterocycles. The van der Waals surface area contributed by atoms with Gasteiger partial charge in [-0.25, -0.2) is 9.59 Å². The van der Waals surface area contributed by atoms with Crippen LogP contribution < -0.4 is 5.32 Å². The number of carboxylic acids is 1. The molecule has 3 aromatic rings. The van der Waals surface area contributed by atoms with Gasteiger partial charge in [-0.3, -0.25) is 0 Å². The molecule has 6 heteroatoms. The molecule has 31 heavy (non-hydrogen) atoms. The summed E-state index contributed by atoms with van der Waals surface area (Å²) in [5.41, 5.74) is 5.86. The number of aliphatic hydroxyl groups is 1. The predicted molar refractivity (Wildman–Crippen MR) is 116 cm³/mol. The lowest BCUT2D eigenvalue weighted by Crippen LogP contribution is -2.40. The molecular formula is C25H23NO5. The van der Waals surface area contributed by atoms with E-state index in [1.54, 1.807) is 24.3 Å². The molecule has 0 radical (unpaired) electrons. The smallest absolute Gasteiger partial charge is 0.407 e. The van der Waals surface area contributed by atoms with Gasteiger partial charge in [0.15, 0.2) is 6.10 Å². The molecule has 2 unspecified atom stereocenters. The van der Waals surface area contributed by atoms with Crippen LogP contribution in [-0.2, 0) is 9.53 Å². The van der Waals surface area contributed by atoms with Crippen LogP contribution in [0.2, 0.25) is 0 Å². The fraction of sp³-hybridized carbons (Fsp3) is 0.200. The summed E-state index contributed by atoms with van der Waals surface area (Å²) in [4.78, 5) is 23.9. The Labute approximate surface area is 180 Å². The van der Waals surface area contributed by atoms with Gasteiger partial charge in [0.2, 0.25) is 0 Å². The molecule has 0 fully saturated rings. The van der Waals surface area contributed by atoms with Gasteiger partial charge in [-0.1, -0.05) is 78.4 Å². The first-order chi connectivity index (χ1) is 15.0. The number of carboxylic acid groups (broad SMARTS) is 1. The van der Waals surface area contributed by atoms with E-state index in [1.165, 1.54) is 0 Å². The highest BCUT2D eigenvalue weighted by Gasteiger charge is 2.31. The third-order valence-electron chi connectivity index (χ3n) is 5.62. The summed E-state index contributed by atoms with van der Waals surface area (Å²) in [6.07, 6.45) is -2.59. The highest BCUT2D eigenvalue weighted by molar-refractivity contribution is 5.79. The summed E-state index contributed by atoms with van der Waals surface area (Å²) in [6.45, 7) is 2.00. The normalized spacial score (nSPS) is 14.3. The Morgan fingerprint density at radius 2 is 1.48 bits per heavy atom. The highest BCUT2D eigenvalue weighted by atomic mass is 16.5. The van der Waals surface area contributed by atoms with Gasteiger partial charge >= 0.3 is 12.1 Å². The van der Waals surface area contributed by atoms with Gasteiger partial charge in [0.05, 0.1) is 6.04 Å². The monoisotopic (exact) mass is 417 g/mol. The number of fused-ring (bicyclic) bond motifs is 3. The number of alkyl carbamates (subject to hydrolysis) is 1. The molecule has 1 aliphatic rings. The van der Waals surface area contributed by atoms with Crippen molar-refractivity contribution >= 4 is 12.1 Å². The quantitative estimate of drug-likeness (QED) is 0.563. The number of rotatable bonds is 6. The van der Waals surface area contributed by atoms with Crippen molar-refractivity contribution in [2.45, 2.75) is 25.0 Å². The first-order valence-corrected chi connectivity index (χ1v) is 10.0. The fourth-order valence-electron chi connectivity index (χ4n) is 4.03. The number of aliphatic carboxylic acids is 1. The number of aliphatic hydroxyl groups excluding tert-OH is 1. The van der Waals surface area contributed by atoms with Gasteiger partial charge in [0.25, 0.3) is 0 Å². The molecule has 0 saturated carbocycles. The predicted octanol–water partition coefficient (Wildman–Crippen LogP) is 4.02. The summed E-state index contributed by atoms with van der Waals surface area (Å²) < 4.78 is 5.49. The van der Waals surface area contributed by atoms with Crippen LogP contribution in [0.1, 0.15) is 34.2 Å². The van der Waals surface area contributed by atoms with Crippen molar-refractivity contribution in [1.82, 2.24) is 5.32 Å². The van der Waals surface area contributed by atoms with Crippen LogP contribution in [-0.4, -0.2) is 35.0 Å². The van der Waals surface area contributed by atoms with E-state index in [-0.39, 0.29) is 12.5 Å². The van der Waals surface area contributed by atoms with Crippen LogP contribution in [0.3, 0.4) is 0 Å². The van der Waals surface area contributed by atoms with Crippen LogP contribution in [0.4, 0.5) is 4.79 Å². The second kappa shape index (κ2) is 8.62. The van der Waals surface area contributed by atoms with Crippen LogP contribution in [0.25, 0.3) is 11.1 Å². The van der Waals surface area contributed by atoms with Gasteiger partial charge in [0.1, 0.15) is 6.61 Å². The minimum atomic E-state index is -1.80. The molecule has 3 aromatic carbocycles. The summed E-state index contributed by atoms with van der Waals surface area (Å²) in [6, 6.07) is 21.8. The lowest BCUT2D eigenvalue weighted by Gasteiger charge is -2.22. The first-order valence-electron chi connectivity index (χ1n) is 10.0. The third-order valence-corrected chi connectivity index (χ3v) is 5.62. The second-order valence-electron chi connectivity index (χ2n) is 7.64. The van der Waals surface area contributed by atoms with E-state index in [4.69, 9.17) is 4.74 Å². The molecule has 0 saturated heterocycles. The Bertz CT molecular complexity index is 1060. The molecule has 0 spiro atoms. The summed E-state index contributed by atoms with van der Waals surface area (Å²) in [5, 5.41) is 21.9. The second-order valence-corrected chi connectivity index (χ2v) is 7.64. The zero-order valence-electron chi connectivity index (χ0n) is 17.0. The fourth-order valence-corrected chi connectivity index (χ4v) is 4.03. The van der Waals surface area contributed by atoms with Crippen molar-refractivity contribution in [1.29, 1.82) is 0 Å². The van der Waals surface area contributed by atoms with E-state index in [1.807, 2.05) is 55.5 Å². The summed E-state index contributed by atoms with van der Waals surface area (Å²) in [5.74, 6) is -1.54. The van der Waals surface area contributed by atoms with E-state index >= 15 is 0 Å².